The summed E-state index contributed by atoms with van der Waals surface area (Å²) >= 11 is 0. The van der Waals surface area contributed by atoms with Crippen molar-refractivity contribution >= 4 is 22.4 Å². The van der Waals surface area contributed by atoms with Gasteiger partial charge in [0.2, 0.25) is 0 Å². The van der Waals surface area contributed by atoms with E-state index in [-0.39, 0.29) is 5.78 Å². The van der Waals surface area contributed by atoms with E-state index in [4.69, 9.17) is 14.9 Å². The first-order chi connectivity index (χ1) is 14.0. The average Bonchev–Trinajstić information content (AvgIpc) is 3.06. The van der Waals surface area contributed by atoms with Crippen molar-refractivity contribution < 1.29 is 13.9 Å². The summed E-state index contributed by atoms with van der Waals surface area (Å²) in [4.78, 5) is 15.4. The summed E-state index contributed by atoms with van der Waals surface area (Å²) in [7, 11) is 4.09. The van der Waals surface area contributed by atoms with E-state index >= 15 is 0 Å². The number of aryl methyl sites for hydroxylation is 1. The molecule has 0 aliphatic carbocycles. The fraction of sp³-hybridized carbons (Fsp3) is 0.375. The number of anilines is 1. The Balaban J connectivity index is 1.82. The number of rotatable bonds is 10. The lowest BCUT2D eigenvalue weighted by Crippen LogP contribution is -2.15. The number of hydrogen-bond acceptors (Lipinski definition) is 5. The number of fused-ring (bicyclic) bond motifs is 1. The fourth-order valence-corrected chi connectivity index (χ4v) is 3.35. The highest BCUT2D eigenvalue weighted by Crippen LogP contribution is 2.31. The first-order valence-corrected chi connectivity index (χ1v) is 10.2. The number of ketones is 1. The Bertz CT molecular complexity index is 958. The van der Waals surface area contributed by atoms with Gasteiger partial charge in [-0.3, -0.25) is 4.79 Å². The van der Waals surface area contributed by atoms with Gasteiger partial charge in [0.25, 0.3) is 0 Å². The molecule has 2 aromatic carbocycles. The van der Waals surface area contributed by atoms with E-state index in [1.807, 2.05) is 50.5 Å². The number of carbonyl (C=O) groups is 1. The molecular formula is C24H30N2O3. The zero-order valence-electron chi connectivity index (χ0n) is 17.5. The van der Waals surface area contributed by atoms with E-state index in [0.29, 0.717) is 29.0 Å². The maximum absolute atomic E-state index is 13.3. The van der Waals surface area contributed by atoms with Crippen LogP contribution in [0, 0.1) is 0 Å². The highest BCUT2D eigenvalue weighted by molar-refractivity contribution is 6.17. The molecule has 1 heterocycles. The number of furan rings is 1. The largest absolute Gasteiger partial charge is 0.494 e. The van der Waals surface area contributed by atoms with Crippen LogP contribution in [0.5, 0.6) is 5.75 Å². The zero-order chi connectivity index (χ0) is 20.8. The second-order valence-electron chi connectivity index (χ2n) is 7.62. The molecule has 0 fully saturated rings. The second-order valence-corrected chi connectivity index (χ2v) is 7.62. The molecular weight excluding hydrogens is 364 g/mol. The van der Waals surface area contributed by atoms with Crippen LogP contribution >= 0.6 is 0 Å². The van der Waals surface area contributed by atoms with E-state index in [1.54, 1.807) is 6.07 Å². The zero-order valence-corrected chi connectivity index (χ0v) is 17.5. The molecule has 0 amide bonds. The smallest absolute Gasteiger partial charge is 0.197 e. The van der Waals surface area contributed by atoms with Gasteiger partial charge in [0.1, 0.15) is 17.1 Å². The third-order valence-corrected chi connectivity index (χ3v) is 4.90. The van der Waals surface area contributed by atoms with Crippen LogP contribution in [0.2, 0.25) is 0 Å². The molecule has 0 aliphatic rings. The Morgan fingerprint density at radius 2 is 1.86 bits per heavy atom. The lowest BCUT2D eigenvalue weighted by Gasteiger charge is -2.10. The summed E-state index contributed by atoms with van der Waals surface area (Å²) in [5.74, 6) is 1.47. The van der Waals surface area contributed by atoms with Crippen LogP contribution < -0.4 is 10.5 Å². The molecule has 29 heavy (non-hydrogen) atoms. The van der Waals surface area contributed by atoms with Crippen molar-refractivity contribution in [3.63, 3.8) is 0 Å². The predicted octanol–water partition coefficient (Wildman–Crippen LogP) is 4.92. The molecule has 0 unspecified atom stereocenters. The molecule has 2 N–H and O–H groups in total. The van der Waals surface area contributed by atoms with Gasteiger partial charge in [-0.05, 0) is 69.4 Å². The van der Waals surface area contributed by atoms with Crippen LogP contribution in [-0.4, -0.2) is 37.9 Å². The van der Waals surface area contributed by atoms with Crippen molar-refractivity contribution in [2.75, 3.05) is 33.0 Å². The van der Waals surface area contributed by atoms with Crippen molar-refractivity contribution in [1.29, 1.82) is 0 Å². The lowest BCUT2D eigenvalue weighted by molar-refractivity contribution is 0.103. The van der Waals surface area contributed by atoms with Gasteiger partial charge in [0.15, 0.2) is 5.78 Å². The van der Waals surface area contributed by atoms with Crippen LogP contribution in [0.3, 0.4) is 0 Å². The standard InChI is InChI=1S/C24H30N2O3/c1-4-5-7-22-23(20-16-18(25)10-13-21(20)29-22)24(27)17-8-11-19(12-9-17)28-15-6-14-26(2)3/h8-13,16H,4-7,14-15,25H2,1-3H3. The second kappa shape index (κ2) is 9.61. The summed E-state index contributed by atoms with van der Waals surface area (Å²) in [5.41, 5.74) is 8.53. The fourth-order valence-electron chi connectivity index (χ4n) is 3.35. The first kappa shape index (κ1) is 20.9. The molecule has 0 radical (unpaired) electrons. The van der Waals surface area contributed by atoms with Gasteiger partial charge in [-0.15, -0.1) is 0 Å². The highest BCUT2D eigenvalue weighted by atomic mass is 16.5. The minimum Gasteiger partial charge on any atom is -0.494 e. The molecule has 1 aromatic heterocycles. The van der Waals surface area contributed by atoms with Crippen molar-refractivity contribution in [1.82, 2.24) is 4.90 Å². The average molecular weight is 395 g/mol. The number of benzene rings is 2. The normalized spacial score (nSPS) is 11.3. The van der Waals surface area contributed by atoms with Gasteiger partial charge in [-0.2, -0.15) is 0 Å². The Kier molecular flexibility index (Phi) is 6.94. The summed E-state index contributed by atoms with van der Waals surface area (Å²) < 4.78 is 11.8. The van der Waals surface area contributed by atoms with Crippen LogP contribution in [0.4, 0.5) is 5.69 Å². The molecule has 5 nitrogen and oxygen atoms in total. The first-order valence-electron chi connectivity index (χ1n) is 10.2. The monoisotopic (exact) mass is 394 g/mol. The molecule has 3 rings (SSSR count). The Morgan fingerprint density at radius 3 is 2.55 bits per heavy atom. The van der Waals surface area contributed by atoms with Gasteiger partial charge in [0, 0.05) is 29.6 Å². The van der Waals surface area contributed by atoms with Crippen molar-refractivity contribution in [3.05, 3.63) is 59.4 Å². The van der Waals surface area contributed by atoms with Gasteiger partial charge < -0.3 is 19.8 Å². The number of unbranched alkanes of at least 4 members (excludes halogenated alkanes) is 1. The van der Waals surface area contributed by atoms with Crippen molar-refractivity contribution in [3.8, 4) is 5.75 Å². The summed E-state index contributed by atoms with van der Waals surface area (Å²) in [6.07, 6.45) is 3.69. The topological polar surface area (TPSA) is 68.7 Å². The molecule has 0 saturated carbocycles. The number of hydrogen-bond donors (Lipinski definition) is 1. The third-order valence-electron chi connectivity index (χ3n) is 4.90. The maximum atomic E-state index is 13.3. The molecule has 0 spiro atoms. The summed E-state index contributed by atoms with van der Waals surface area (Å²) in [6.45, 7) is 3.76. The number of nitrogen functional groups attached to an aromatic ring is 1. The molecule has 154 valence electrons. The predicted molar refractivity (Wildman–Crippen MR) is 118 cm³/mol. The molecule has 0 bridgehead atoms. The van der Waals surface area contributed by atoms with Gasteiger partial charge in [-0.25, -0.2) is 0 Å². The van der Waals surface area contributed by atoms with E-state index in [0.717, 1.165) is 49.1 Å². The van der Waals surface area contributed by atoms with E-state index in [2.05, 4.69) is 11.8 Å². The lowest BCUT2D eigenvalue weighted by atomic mass is 9.98. The molecule has 3 aromatic rings. The van der Waals surface area contributed by atoms with Gasteiger partial charge in [-0.1, -0.05) is 13.3 Å². The minimum atomic E-state index is -0.0420. The van der Waals surface area contributed by atoms with Crippen molar-refractivity contribution in [2.45, 2.75) is 32.6 Å². The molecule has 5 heteroatoms. The molecule has 0 aliphatic heterocycles. The number of nitrogens with two attached hydrogens (primary N) is 1. The van der Waals surface area contributed by atoms with Crippen LogP contribution in [0.1, 0.15) is 47.9 Å². The third kappa shape index (κ3) is 5.18. The van der Waals surface area contributed by atoms with Crippen molar-refractivity contribution in [2.24, 2.45) is 0 Å². The SMILES string of the molecule is CCCCc1oc2ccc(N)cc2c1C(=O)c1ccc(OCCCN(C)C)cc1. The van der Waals surface area contributed by atoms with E-state index in [9.17, 15) is 4.79 Å². The number of ether oxygens (including phenoxy) is 1. The van der Waals surface area contributed by atoms with E-state index in [1.165, 1.54) is 0 Å². The summed E-state index contributed by atoms with van der Waals surface area (Å²) in [5, 5.41) is 0.783. The Hall–Kier alpha value is -2.79. The summed E-state index contributed by atoms with van der Waals surface area (Å²) in [6, 6.07) is 12.8. The number of nitrogens with zero attached hydrogens (tertiary/aromatic N) is 1. The van der Waals surface area contributed by atoms with Gasteiger partial charge in [0.05, 0.1) is 12.2 Å². The van der Waals surface area contributed by atoms with Gasteiger partial charge >= 0.3 is 0 Å². The minimum absolute atomic E-state index is 0.0420. The quantitative estimate of drug-likeness (QED) is 0.300. The van der Waals surface area contributed by atoms with Crippen LogP contribution in [0.15, 0.2) is 46.9 Å². The maximum Gasteiger partial charge on any atom is 0.197 e. The van der Waals surface area contributed by atoms with Crippen LogP contribution in [0.25, 0.3) is 11.0 Å². The van der Waals surface area contributed by atoms with E-state index < -0.39 is 0 Å². The Labute approximate surface area is 172 Å². The molecule has 0 atom stereocenters. The highest BCUT2D eigenvalue weighted by Gasteiger charge is 2.22. The number of carbonyl (C=O) groups excluding carboxylic acids is 1. The molecule has 0 saturated heterocycles. The Morgan fingerprint density at radius 1 is 1.10 bits per heavy atom. The van der Waals surface area contributed by atoms with Crippen LogP contribution in [-0.2, 0) is 6.42 Å².